The molecule has 5 rings (SSSR count). The van der Waals surface area contributed by atoms with Gasteiger partial charge in [-0.1, -0.05) is 0 Å². The smallest absolute Gasteiger partial charge is 0.412 e. The predicted octanol–water partition coefficient (Wildman–Crippen LogP) is 5.17. The van der Waals surface area contributed by atoms with Crippen LogP contribution in [0.4, 0.5) is 19.3 Å². The van der Waals surface area contributed by atoms with Crippen molar-refractivity contribution in [1.29, 1.82) is 0 Å². The first-order valence-corrected chi connectivity index (χ1v) is 11.4. The van der Waals surface area contributed by atoms with E-state index in [4.69, 9.17) is 4.74 Å². The number of amides is 1. The van der Waals surface area contributed by atoms with Gasteiger partial charge in [0.15, 0.2) is 0 Å². The summed E-state index contributed by atoms with van der Waals surface area (Å²) < 4.78 is 35.9. The Balaban J connectivity index is 1.60. The molecule has 0 unspecified atom stereocenters. The molecule has 0 spiro atoms. The molecule has 3 atom stereocenters. The van der Waals surface area contributed by atoms with Gasteiger partial charge in [-0.3, -0.25) is 9.58 Å². The van der Waals surface area contributed by atoms with Crippen LogP contribution in [0.2, 0.25) is 0 Å². The largest absolute Gasteiger partial charge is 0.465 e. The van der Waals surface area contributed by atoms with Crippen LogP contribution in [0.5, 0.6) is 11.5 Å². The summed E-state index contributed by atoms with van der Waals surface area (Å²) in [7, 11) is 0. The normalized spacial score (nSPS) is 22.3. The fraction of sp³-hybridized carbons (Fsp3) is 0.360. The Bertz CT molecular complexity index is 1200. The maximum absolute atomic E-state index is 14.5. The minimum atomic E-state index is -1.04. The standard InChI is InChI=1S/C25H26F2N4O3/c1-15-2-7-20-22(31(15)25(32)33)9-8-19(24(20)34-18-5-3-17(26)4-6-18)16-12-29-30(14-16)23-10-11-28-13-21(23)27/h3-6,8-9,12,14-15,21,23,28H,2,7,10-11,13H2,1H3,(H,32,33)/t15-,21-,23-/m0/s1. The molecule has 0 radical (unpaired) electrons. The van der Waals surface area contributed by atoms with Gasteiger partial charge < -0.3 is 15.2 Å². The molecule has 0 aliphatic carbocycles. The number of halogens is 2. The quantitative estimate of drug-likeness (QED) is 0.552. The number of piperidine rings is 1. The lowest BCUT2D eigenvalue weighted by atomic mass is 9.92. The van der Waals surface area contributed by atoms with Crippen LogP contribution in [0.25, 0.3) is 11.1 Å². The molecule has 0 saturated carbocycles. The Morgan fingerprint density at radius 3 is 2.74 bits per heavy atom. The van der Waals surface area contributed by atoms with E-state index in [2.05, 4.69) is 10.4 Å². The van der Waals surface area contributed by atoms with Crippen LogP contribution in [-0.2, 0) is 6.42 Å². The highest BCUT2D eigenvalue weighted by molar-refractivity contribution is 5.91. The molecule has 7 nitrogen and oxygen atoms in total. The first kappa shape index (κ1) is 22.3. The third kappa shape index (κ3) is 4.11. The van der Waals surface area contributed by atoms with Crippen molar-refractivity contribution in [2.75, 3.05) is 18.0 Å². The highest BCUT2D eigenvalue weighted by Gasteiger charge is 2.32. The Hall–Kier alpha value is -3.46. The molecular weight excluding hydrogens is 442 g/mol. The van der Waals surface area contributed by atoms with Gasteiger partial charge in [-0.15, -0.1) is 0 Å². The lowest BCUT2D eigenvalue weighted by molar-refractivity contribution is 0.173. The molecule has 1 saturated heterocycles. The van der Waals surface area contributed by atoms with Crippen molar-refractivity contribution in [2.24, 2.45) is 0 Å². The summed E-state index contributed by atoms with van der Waals surface area (Å²) >= 11 is 0. The molecular formula is C25H26F2N4O3. The van der Waals surface area contributed by atoms with Crippen LogP contribution in [-0.4, -0.2) is 46.3 Å². The van der Waals surface area contributed by atoms with Crippen molar-refractivity contribution in [2.45, 2.75) is 44.4 Å². The number of nitrogens with zero attached hydrogens (tertiary/aromatic N) is 3. The zero-order valence-corrected chi connectivity index (χ0v) is 18.7. The van der Waals surface area contributed by atoms with Crippen molar-refractivity contribution < 1.29 is 23.4 Å². The van der Waals surface area contributed by atoms with Crippen molar-refractivity contribution in [3.8, 4) is 22.6 Å². The maximum atomic E-state index is 14.5. The number of nitrogens with one attached hydrogen (secondary N) is 1. The van der Waals surface area contributed by atoms with Gasteiger partial charge in [-0.05, 0) is 69.1 Å². The molecule has 1 aromatic heterocycles. The van der Waals surface area contributed by atoms with Gasteiger partial charge >= 0.3 is 6.09 Å². The monoisotopic (exact) mass is 468 g/mol. The zero-order valence-electron chi connectivity index (χ0n) is 18.7. The third-order valence-electron chi connectivity index (χ3n) is 6.61. The zero-order chi connectivity index (χ0) is 23.8. The molecule has 1 amide bonds. The van der Waals surface area contributed by atoms with Crippen molar-refractivity contribution in [1.82, 2.24) is 15.1 Å². The molecule has 0 bridgehead atoms. The van der Waals surface area contributed by atoms with Crippen molar-refractivity contribution in [3.63, 3.8) is 0 Å². The van der Waals surface area contributed by atoms with Crippen LogP contribution >= 0.6 is 0 Å². The second kappa shape index (κ2) is 9.06. The van der Waals surface area contributed by atoms with E-state index in [9.17, 15) is 18.7 Å². The van der Waals surface area contributed by atoms with Gasteiger partial charge in [0.2, 0.25) is 0 Å². The molecule has 3 aromatic rings. The molecule has 3 heterocycles. The SMILES string of the molecule is C[C@H]1CCc2c(ccc(-c3cnn([C@H]4CCNC[C@@H]4F)c3)c2Oc2ccc(F)cc2)N1C(=O)O. The van der Waals surface area contributed by atoms with E-state index in [-0.39, 0.29) is 17.9 Å². The molecule has 2 N–H and O–H groups in total. The Labute approximate surface area is 196 Å². The highest BCUT2D eigenvalue weighted by atomic mass is 19.1. The maximum Gasteiger partial charge on any atom is 0.412 e. The summed E-state index contributed by atoms with van der Waals surface area (Å²) in [5.41, 5.74) is 2.80. The number of alkyl halides is 1. The third-order valence-corrected chi connectivity index (χ3v) is 6.61. The second-order valence-corrected chi connectivity index (χ2v) is 8.82. The van der Waals surface area contributed by atoms with Gasteiger partial charge in [0.05, 0.1) is 17.9 Å². The van der Waals surface area contributed by atoms with Crippen LogP contribution in [0.1, 0.15) is 31.4 Å². The summed E-state index contributed by atoms with van der Waals surface area (Å²) in [5.74, 6) is 0.563. The first-order chi connectivity index (χ1) is 16.4. The number of ether oxygens (including phenoxy) is 1. The summed E-state index contributed by atoms with van der Waals surface area (Å²) in [4.78, 5) is 13.3. The number of fused-ring (bicyclic) bond motifs is 1. The average molecular weight is 469 g/mol. The van der Waals surface area contributed by atoms with E-state index in [1.54, 1.807) is 16.9 Å². The minimum Gasteiger partial charge on any atom is -0.465 e. The summed E-state index contributed by atoms with van der Waals surface area (Å²) in [6, 6.07) is 8.76. The topological polar surface area (TPSA) is 79.6 Å². The van der Waals surface area contributed by atoms with Crippen LogP contribution in [0.3, 0.4) is 0 Å². The molecule has 1 fully saturated rings. The molecule has 2 aliphatic heterocycles. The highest BCUT2D eigenvalue weighted by Crippen LogP contribution is 2.45. The number of rotatable bonds is 4. The number of aromatic nitrogens is 2. The van der Waals surface area contributed by atoms with Gasteiger partial charge in [0.25, 0.3) is 0 Å². The minimum absolute atomic E-state index is 0.168. The number of carboxylic acid groups (broad SMARTS) is 1. The Kier molecular flexibility index (Phi) is 5.95. The summed E-state index contributed by atoms with van der Waals surface area (Å²) in [6.07, 6.45) is 3.32. The Morgan fingerprint density at radius 1 is 1.21 bits per heavy atom. The number of anilines is 1. The lowest BCUT2D eigenvalue weighted by Crippen LogP contribution is -2.41. The van der Waals surface area contributed by atoms with Gasteiger partial charge in [-0.2, -0.15) is 5.10 Å². The van der Waals surface area contributed by atoms with E-state index in [0.29, 0.717) is 43.0 Å². The van der Waals surface area contributed by atoms with E-state index in [0.717, 1.165) is 23.2 Å². The van der Waals surface area contributed by atoms with Gasteiger partial charge in [0.1, 0.15) is 23.5 Å². The van der Waals surface area contributed by atoms with Crippen molar-refractivity contribution >= 4 is 11.8 Å². The van der Waals surface area contributed by atoms with E-state index in [1.807, 2.05) is 19.2 Å². The van der Waals surface area contributed by atoms with E-state index >= 15 is 0 Å². The summed E-state index contributed by atoms with van der Waals surface area (Å²) in [5, 5.41) is 17.3. The fourth-order valence-electron chi connectivity index (χ4n) is 4.82. The predicted molar refractivity (Wildman–Crippen MR) is 124 cm³/mol. The fourth-order valence-corrected chi connectivity index (χ4v) is 4.82. The van der Waals surface area contributed by atoms with Crippen LogP contribution in [0.15, 0.2) is 48.8 Å². The van der Waals surface area contributed by atoms with E-state index < -0.39 is 12.3 Å². The van der Waals surface area contributed by atoms with Gasteiger partial charge in [0, 0.05) is 35.5 Å². The van der Waals surface area contributed by atoms with Gasteiger partial charge in [-0.25, -0.2) is 13.6 Å². The lowest BCUT2D eigenvalue weighted by Gasteiger charge is -2.34. The van der Waals surface area contributed by atoms with Crippen LogP contribution < -0.4 is 15.0 Å². The molecule has 178 valence electrons. The van der Waals surface area contributed by atoms with Crippen molar-refractivity contribution in [3.05, 3.63) is 60.2 Å². The molecule has 2 aromatic carbocycles. The molecule has 34 heavy (non-hydrogen) atoms. The number of carbonyl (C=O) groups is 1. The number of hydrogen-bond acceptors (Lipinski definition) is 4. The number of benzene rings is 2. The molecule has 2 aliphatic rings. The first-order valence-electron chi connectivity index (χ1n) is 11.4. The molecule has 9 heteroatoms. The average Bonchev–Trinajstić information content (AvgIpc) is 3.30. The summed E-state index contributed by atoms with van der Waals surface area (Å²) in [6.45, 7) is 2.89. The number of hydrogen-bond donors (Lipinski definition) is 2. The van der Waals surface area contributed by atoms with E-state index in [1.165, 1.54) is 29.2 Å². The second-order valence-electron chi connectivity index (χ2n) is 8.82. The Morgan fingerprint density at radius 2 is 2.00 bits per heavy atom. The van der Waals surface area contributed by atoms with Crippen LogP contribution in [0, 0.1) is 5.82 Å².